The molecule has 0 aliphatic carbocycles. The van der Waals surface area contributed by atoms with Crippen LogP contribution in [0.1, 0.15) is 17.3 Å². The lowest BCUT2D eigenvalue weighted by Gasteiger charge is -2.06. The van der Waals surface area contributed by atoms with Crippen LogP contribution >= 0.6 is 0 Å². The number of nitrogens with zero attached hydrogens (tertiary/aromatic N) is 1. The van der Waals surface area contributed by atoms with Crippen LogP contribution in [0.2, 0.25) is 0 Å². The van der Waals surface area contributed by atoms with Crippen LogP contribution in [0.5, 0.6) is 0 Å². The van der Waals surface area contributed by atoms with Crippen molar-refractivity contribution in [3.05, 3.63) is 47.7 Å². The van der Waals surface area contributed by atoms with Crippen LogP contribution < -0.4 is 10.6 Å². The Morgan fingerprint density at radius 2 is 2.00 bits per heavy atom. The largest absolute Gasteiger partial charge is 0.446 e. The highest BCUT2D eigenvalue weighted by Gasteiger charge is 2.07. The highest BCUT2D eigenvalue weighted by atomic mass is 16.4. The zero-order chi connectivity index (χ0) is 13.7. The molecule has 0 aliphatic heterocycles. The molecule has 5 heteroatoms. The van der Waals surface area contributed by atoms with Crippen LogP contribution in [0.25, 0.3) is 0 Å². The van der Waals surface area contributed by atoms with Crippen molar-refractivity contribution in [3.63, 3.8) is 0 Å². The quantitative estimate of drug-likeness (QED) is 0.887. The highest BCUT2D eigenvalue weighted by molar-refractivity contribution is 5.89. The zero-order valence-corrected chi connectivity index (χ0v) is 11.1. The van der Waals surface area contributed by atoms with Gasteiger partial charge >= 0.3 is 6.03 Å². The van der Waals surface area contributed by atoms with E-state index >= 15 is 0 Å². The number of para-hydroxylation sites is 1. The fourth-order valence-electron chi connectivity index (χ4n) is 1.79. The molecule has 0 bridgehead atoms. The summed E-state index contributed by atoms with van der Waals surface area (Å²) in [6, 6.07) is 9.10. The fraction of sp³-hybridized carbons (Fsp3) is 0.286. The summed E-state index contributed by atoms with van der Waals surface area (Å²) in [6.45, 7) is 4.22. The van der Waals surface area contributed by atoms with Gasteiger partial charge in [0, 0.05) is 25.6 Å². The number of amides is 2. The van der Waals surface area contributed by atoms with Crippen LogP contribution in [0, 0.1) is 13.8 Å². The van der Waals surface area contributed by atoms with Gasteiger partial charge in [-0.2, -0.15) is 0 Å². The van der Waals surface area contributed by atoms with E-state index in [0.29, 0.717) is 18.9 Å². The third-order valence-electron chi connectivity index (χ3n) is 2.67. The number of anilines is 1. The van der Waals surface area contributed by atoms with Gasteiger partial charge in [-0.1, -0.05) is 18.2 Å². The molecule has 0 unspecified atom stereocenters. The van der Waals surface area contributed by atoms with Gasteiger partial charge in [-0.15, -0.1) is 0 Å². The number of carbonyl (C=O) groups is 1. The molecular formula is C14H17N3O2. The highest BCUT2D eigenvalue weighted by Crippen LogP contribution is 2.09. The first-order chi connectivity index (χ1) is 9.15. The Hall–Kier alpha value is -2.30. The summed E-state index contributed by atoms with van der Waals surface area (Å²) < 4.78 is 5.43. The van der Waals surface area contributed by atoms with E-state index in [2.05, 4.69) is 15.6 Å². The van der Waals surface area contributed by atoms with Gasteiger partial charge in [0.1, 0.15) is 5.76 Å². The molecule has 2 rings (SSSR count). The van der Waals surface area contributed by atoms with Gasteiger partial charge < -0.3 is 15.1 Å². The average molecular weight is 259 g/mol. The van der Waals surface area contributed by atoms with Crippen LogP contribution in [-0.4, -0.2) is 17.6 Å². The third-order valence-corrected chi connectivity index (χ3v) is 2.67. The molecule has 0 atom stereocenters. The molecule has 0 aliphatic rings. The lowest BCUT2D eigenvalue weighted by molar-refractivity contribution is 0.252. The molecule has 100 valence electrons. The number of oxazole rings is 1. The summed E-state index contributed by atoms with van der Waals surface area (Å²) in [5, 5.41) is 5.53. The molecule has 2 aromatic rings. The Balaban J connectivity index is 1.77. The normalized spacial score (nSPS) is 10.2. The minimum Gasteiger partial charge on any atom is -0.446 e. The number of aryl methyl sites for hydroxylation is 2. The average Bonchev–Trinajstić information content (AvgIpc) is 2.69. The van der Waals surface area contributed by atoms with E-state index in [1.807, 2.05) is 44.2 Å². The summed E-state index contributed by atoms with van der Waals surface area (Å²) in [7, 11) is 0. The van der Waals surface area contributed by atoms with Gasteiger partial charge in [0.25, 0.3) is 0 Å². The standard InChI is InChI=1S/C14H17N3O2/c1-10-13(19-11(2)16-10)8-9-15-14(18)17-12-6-4-3-5-7-12/h3-7H,8-9H2,1-2H3,(H2,15,17,18). The van der Waals surface area contributed by atoms with E-state index in [0.717, 1.165) is 17.1 Å². The van der Waals surface area contributed by atoms with Crippen molar-refractivity contribution in [1.29, 1.82) is 0 Å². The number of hydrogen-bond donors (Lipinski definition) is 2. The van der Waals surface area contributed by atoms with Gasteiger partial charge in [-0.25, -0.2) is 9.78 Å². The summed E-state index contributed by atoms with van der Waals surface area (Å²) in [5.74, 6) is 1.47. The topological polar surface area (TPSA) is 67.2 Å². The third kappa shape index (κ3) is 3.84. The second kappa shape index (κ2) is 6.04. The minimum atomic E-state index is -0.222. The first-order valence-corrected chi connectivity index (χ1v) is 6.18. The molecule has 1 aromatic heterocycles. The molecule has 0 saturated carbocycles. The zero-order valence-electron chi connectivity index (χ0n) is 11.1. The van der Waals surface area contributed by atoms with Gasteiger partial charge in [0.15, 0.2) is 5.89 Å². The number of aromatic nitrogens is 1. The number of rotatable bonds is 4. The lowest BCUT2D eigenvalue weighted by atomic mass is 10.3. The molecule has 1 aromatic carbocycles. The van der Waals surface area contributed by atoms with Gasteiger partial charge in [-0.05, 0) is 19.1 Å². The van der Waals surface area contributed by atoms with Crippen LogP contribution in [0.4, 0.5) is 10.5 Å². The van der Waals surface area contributed by atoms with E-state index in [1.54, 1.807) is 0 Å². The van der Waals surface area contributed by atoms with Gasteiger partial charge in [-0.3, -0.25) is 0 Å². The molecule has 0 fully saturated rings. The molecule has 1 heterocycles. The van der Waals surface area contributed by atoms with Crippen molar-refractivity contribution in [1.82, 2.24) is 10.3 Å². The first-order valence-electron chi connectivity index (χ1n) is 6.18. The first kappa shape index (κ1) is 13.1. The van der Waals surface area contributed by atoms with Crippen LogP contribution in [0.15, 0.2) is 34.7 Å². The maximum Gasteiger partial charge on any atom is 0.319 e. The molecule has 2 N–H and O–H groups in total. The van der Waals surface area contributed by atoms with E-state index in [9.17, 15) is 4.79 Å². The molecule has 0 saturated heterocycles. The van der Waals surface area contributed by atoms with E-state index in [4.69, 9.17) is 4.42 Å². The number of urea groups is 1. The second-order valence-corrected chi connectivity index (χ2v) is 4.24. The maximum atomic E-state index is 11.6. The Morgan fingerprint density at radius 1 is 1.26 bits per heavy atom. The number of nitrogens with one attached hydrogen (secondary N) is 2. The Morgan fingerprint density at radius 3 is 2.63 bits per heavy atom. The summed E-state index contributed by atoms with van der Waals surface area (Å²) in [5.41, 5.74) is 1.65. The van der Waals surface area contributed by atoms with E-state index in [1.165, 1.54) is 0 Å². The predicted molar refractivity (Wildman–Crippen MR) is 73.1 cm³/mol. The SMILES string of the molecule is Cc1nc(C)c(CCNC(=O)Nc2ccccc2)o1. The van der Waals surface area contributed by atoms with Crippen LogP contribution in [-0.2, 0) is 6.42 Å². The van der Waals surface area contributed by atoms with Crippen molar-refractivity contribution in [2.75, 3.05) is 11.9 Å². The molecular weight excluding hydrogens is 242 g/mol. The minimum absolute atomic E-state index is 0.222. The fourth-order valence-corrected chi connectivity index (χ4v) is 1.79. The van der Waals surface area contributed by atoms with Crippen molar-refractivity contribution in [2.45, 2.75) is 20.3 Å². The van der Waals surface area contributed by atoms with Crippen molar-refractivity contribution in [3.8, 4) is 0 Å². The van der Waals surface area contributed by atoms with E-state index < -0.39 is 0 Å². The second-order valence-electron chi connectivity index (χ2n) is 4.24. The summed E-state index contributed by atoms with van der Waals surface area (Å²) in [6.07, 6.45) is 0.634. The Labute approximate surface area is 112 Å². The van der Waals surface area contributed by atoms with Crippen LogP contribution in [0.3, 0.4) is 0 Å². The molecule has 2 amide bonds. The monoisotopic (exact) mass is 259 g/mol. The summed E-state index contributed by atoms with van der Waals surface area (Å²) in [4.78, 5) is 15.8. The molecule has 5 nitrogen and oxygen atoms in total. The molecule has 19 heavy (non-hydrogen) atoms. The number of carbonyl (C=O) groups excluding carboxylic acids is 1. The van der Waals surface area contributed by atoms with Crippen molar-refractivity contribution >= 4 is 11.7 Å². The summed E-state index contributed by atoms with van der Waals surface area (Å²) >= 11 is 0. The smallest absolute Gasteiger partial charge is 0.319 e. The molecule has 0 spiro atoms. The predicted octanol–water partition coefficient (Wildman–Crippen LogP) is 2.66. The van der Waals surface area contributed by atoms with Crippen molar-refractivity contribution < 1.29 is 9.21 Å². The number of benzene rings is 1. The lowest BCUT2D eigenvalue weighted by Crippen LogP contribution is -2.30. The molecule has 0 radical (unpaired) electrons. The maximum absolute atomic E-state index is 11.6. The Bertz CT molecular complexity index is 549. The number of hydrogen-bond acceptors (Lipinski definition) is 3. The van der Waals surface area contributed by atoms with Gasteiger partial charge in [0.05, 0.1) is 5.69 Å². The van der Waals surface area contributed by atoms with Crippen molar-refractivity contribution in [2.24, 2.45) is 0 Å². The Kier molecular flexibility index (Phi) is 4.18. The van der Waals surface area contributed by atoms with Gasteiger partial charge in [0.2, 0.25) is 0 Å². The van der Waals surface area contributed by atoms with E-state index in [-0.39, 0.29) is 6.03 Å².